The molecular weight excluding hydrogens is 217 g/mol. The second kappa shape index (κ2) is 5.25. The first kappa shape index (κ1) is 11.3. The topological polar surface area (TPSA) is 33.1 Å². The van der Waals surface area contributed by atoms with Gasteiger partial charge in [0.05, 0.1) is 6.26 Å². The Morgan fingerprint density at radius 2 is 1.59 bits per heavy atom. The molecule has 0 aliphatic rings. The third kappa shape index (κ3) is 2.69. The number of aliphatic hydroxyl groups excluding tert-OH is 1. The minimum Gasteiger partial charge on any atom is -0.516 e. The minimum absolute atomic E-state index is 0.521. The largest absolute Gasteiger partial charge is 0.516 e. The van der Waals surface area contributed by atoms with Crippen LogP contribution in [0.15, 0.2) is 61.1 Å². The van der Waals surface area contributed by atoms with Crippen molar-refractivity contribution >= 4 is 0 Å². The molecule has 0 aliphatic heterocycles. The number of allylic oxidation sites excluding steroid dienone is 1. The summed E-state index contributed by atoms with van der Waals surface area (Å²) in [6.07, 6.45) is 3.99. The zero-order valence-electron chi connectivity index (χ0n) is 9.12. The molecule has 1 atom stereocenters. The van der Waals surface area contributed by atoms with Crippen molar-refractivity contribution in [3.05, 3.63) is 66.7 Å². The van der Waals surface area contributed by atoms with Crippen LogP contribution in [0.5, 0.6) is 0 Å². The average Bonchev–Trinajstić information content (AvgIpc) is 2.40. The summed E-state index contributed by atoms with van der Waals surface area (Å²) >= 11 is 0. The Balaban J connectivity index is 2.25. The summed E-state index contributed by atoms with van der Waals surface area (Å²) in [7, 11) is 0. The van der Waals surface area contributed by atoms with Crippen molar-refractivity contribution in [3.8, 4) is 11.1 Å². The third-order valence-corrected chi connectivity index (χ3v) is 2.50. The number of aromatic nitrogens is 1. The van der Waals surface area contributed by atoms with Crippen LogP contribution in [0.3, 0.4) is 0 Å². The molecule has 0 bridgehead atoms. The highest BCUT2D eigenvalue weighted by Crippen LogP contribution is 2.23. The van der Waals surface area contributed by atoms with Crippen LogP contribution in [-0.2, 0) is 0 Å². The molecule has 1 aromatic heterocycles. The van der Waals surface area contributed by atoms with Crippen LogP contribution in [0.1, 0.15) is 11.7 Å². The summed E-state index contributed by atoms with van der Waals surface area (Å²) in [5, 5.41) is 8.50. The average molecular weight is 229 g/mol. The van der Waals surface area contributed by atoms with Crippen molar-refractivity contribution in [3.63, 3.8) is 0 Å². The Morgan fingerprint density at radius 1 is 1.00 bits per heavy atom. The molecule has 3 heteroatoms. The number of alkyl halides is 1. The van der Waals surface area contributed by atoms with Crippen LogP contribution in [0.25, 0.3) is 11.1 Å². The van der Waals surface area contributed by atoms with E-state index in [1.807, 2.05) is 24.3 Å². The second-order valence-corrected chi connectivity index (χ2v) is 3.60. The van der Waals surface area contributed by atoms with E-state index in [0.29, 0.717) is 5.56 Å². The molecular formula is C14H12FNO. The van der Waals surface area contributed by atoms with Gasteiger partial charge < -0.3 is 5.11 Å². The predicted molar refractivity (Wildman–Crippen MR) is 65.3 cm³/mol. The highest BCUT2D eigenvalue weighted by atomic mass is 19.1. The van der Waals surface area contributed by atoms with Gasteiger partial charge in [-0.3, -0.25) is 4.98 Å². The molecule has 0 saturated heterocycles. The summed E-state index contributed by atoms with van der Waals surface area (Å²) in [5.74, 6) is 0. The maximum atomic E-state index is 13.4. The summed E-state index contributed by atoms with van der Waals surface area (Å²) in [6, 6.07) is 10.9. The maximum Gasteiger partial charge on any atom is 0.147 e. The van der Waals surface area contributed by atoms with Crippen LogP contribution in [0.2, 0.25) is 0 Å². The lowest BCUT2D eigenvalue weighted by Crippen LogP contribution is -1.87. The molecule has 2 nitrogen and oxygen atoms in total. The van der Waals surface area contributed by atoms with Crippen molar-refractivity contribution in [1.29, 1.82) is 0 Å². The van der Waals surface area contributed by atoms with Crippen LogP contribution >= 0.6 is 0 Å². The molecule has 2 rings (SSSR count). The van der Waals surface area contributed by atoms with Crippen molar-refractivity contribution in [2.75, 3.05) is 0 Å². The van der Waals surface area contributed by atoms with Gasteiger partial charge >= 0.3 is 0 Å². The van der Waals surface area contributed by atoms with Crippen molar-refractivity contribution in [2.45, 2.75) is 6.17 Å². The van der Waals surface area contributed by atoms with Gasteiger partial charge in [-0.15, -0.1) is 0 Å². The first-order valence-corrected chi connectivity index (χ1v) is 5.26. The summed E-state index contributed by atoms with van der Waals surface area (Å²) in [5.41, 5.74) is 2.57. The Labute approximate surface area is 99.1 Å². The monoisotopic (exact) mass is 229 g/mol. The van der Waals surface area contributed by atoms with Crippen LogP contribution in [0.4, 0.5) is 4.39 Å². The van der Waals surface area contributed by atoms with Gasteiger partial charge in [0.2, 0.25) is 0 Å². The van der Waals surface area contributed by atoms with Gasteiger partial charge in [0.25, 0.3) is 0 Å². The first-order chi connectivity index (χ1) is 8.31. The number of halogens is 1. The number of hydrogen-bond acceptors (Lipinski definition) is 2. The Hall–Kier alpha value is -2.16. The van der Waals surface area contributed by atoms with E-state index >= 15 is 0 Å². The fourth-order valence-electron chi connectivity index (χ4n) is 1.59. The number of rotatable bonds is 3. The molecule has 0 fully saturated rings. The van der Waals surface area contributed by atoms with E-state index in [1.165, 1.54) is 0 Å². The van der Waals surface area contributed by atoms with E-state index in [2.05, 4.69) is 4.98 Å². The molecule has 1 unspecified atom stereocenters. The summed E-state index contributed by atoms with van der Waals surface area (Å²) in [4.78, 5) is 3.94. The highest BCUT2D eigenvalue weighted by Gasteiger charge is 2.05. The Kier molecular flexibility index (Phi) is 3.50. The Morgan fingerprint density at radius 3 is 2.18 bits per heavy atom. The lowest BCUT2D eigenvalue weighted by molar-refractivity contribution is 0.396. The number of benzene rings is 1. The number of pyridine rings is 1. The zero-order chi connectivity index (χ0) is 12.1. The molecule has 0 amide bonds. The lowest BCUT2D eigenvalue weighted by Gasteiger charge is -2.05. The van der Waals surface area contributed by atoms with E-state index in [-0.39, 0.29) is 0 Å². The highest BCUT2D eigenvalue weighted by molar-refractivity contribution is 5.63. The molecule has 0 aliphatic carbocycles. The number of nitrogens with zero attached hydrogens (tertiary/aromatic N) is 1. The molecule has 1 heterocycles. The fraction of sp³-hybridized carbons (Fsp3) is 0.0714. The maximum absolute atomic E-state index is 13.4. The lowest BCUT2D eigenvalue weighted by atomic mass is 10.0. The Bertz CT molecular complexity index is 493. The second-order valence-electron chi connectivity index (χ2n) is 3.60. The molecule has 86 valence electrons. The summed E-state index contributed by atoms with van der Waals surface area (Å²) < 4.78 is 13.4. The molecule has 1 N–H and O–H groups in total. The van der Waals surface area contributed by atoms with E-state index in [9.17, 15) is 4.39 Å². The predicted octanol–water partition coefficient (Wildman–Crippen LogP) is 3.83. The molecule has 1 aromatic carbocycles. The zero-order valence-corrected chi connectivity index (χ0v) is 9.12. The van der Waals surface area contributed by atoms with E-state index in [4.69, 9.17) is 5.11 Å². The van der Waals surface area contributed by atoms with E-state index < -0.39 is 6.17 Å². The minimum atomic E-state index is -1.27. The van der Waals surface area contributed by atoms with E-state index in [1.54, 1.807) is 24.5 Å². The molecule has 0 radical (unpaired) electrons. The summed E-state index contributed by atoms with van der Waals surface area (Å²) in [6.45, 7) is 0. The fourth-order valence-corrected chi connectivity index (χ4v) is 1.59. The smallest absolute Gasteiger partial charge is 0.147 e. The van der Waals surface area contributed by atoms with Crippen LogP contribution < -0.4 is 0 Å². The van der Waals surface area contributed by atoms with Crippen molar-refractivity contribution in [1.82, 2.24) is 4.98 Å². The first-order valence-electron chi connectivity index (χ1n) is 5.26. The van der Waals surface area contributed by atoms with Crippen molar-refractivity contribution in [2.24, 2.45) is 0 Å². The molecule has 0 saturated carbocycles. The van der Waals surface area contributed by atoms with Gasteiger partial charge in [0.15, 0.2) is 0 Å². The molecule has 2 aromatic rings. The SMILES string of the molecule is O/C=C\C(F)c1ccc(-c2ccncc2)cc1. The molecule has 0 spiro atoms. The van der Waals surface area contributed by atoms with Gasteiger partial charge in [-0.05, 0) is 34.9 Å². The van der Waals surface area contributed by atoms with Crippen molar-refractivity contribution < 1.29 is 9.50 Å². The van der Waals surface area contributed by atoms with Gasteiger partial charge in [-0.25, -0.2) is 4.39 Å². The quantitative estimate of drug-likeness (QED) is 0.811. The third-order valence-electron chi connectivity index (χ3n) is 2.50. The standard InChI is InChI=1S/C14H12FNO/c15-14(7-10-17)13-3-1-11(2-4-13)12-5-8-16-9-6-12/h1-10,14,17H/b10-7-. The molecule has 17 heavy (non-hydrogen) atoms. The normalized spacial score (nSPS) is 12.8. The van der Waals surface area contributed by atoms with Gasteiger partial charge in [-0.1, -0.05) is 24.3 Å². The van der Waals surface area contributed by atoms with Crippen LogP contribution in [-0.4, -0.2) is 10.1 Å². The van der Waals surface area contributed by atoms with E-state index in [0.717, 1.165) is 23.5 Å². The van der Waals surface area contributed by atoms with Gasteiger partial charge in [0, 0.05) is 12.4 Å². The van der Waals surface area contributed by atoms with Crippen LogP contribution in [0, 0.1) is 0 Å². The van der Waals surface area contributed by atoms with Gasteiger partial charge in [-0.2, -0.15) is 0 Å². The number of aliphatic hydroxyl groups is 1. The number of hydrogen-bond donors (Lipinski definition) is 1. The van der Waals surface area contributed by atoms with Gasteiger partial charge in [0.1, 0.15) is 6.17 Å².